The highest BCUT2D eigenvalue weighted by Crippen LogP contribution is 1.92. The normalized spacial score (nSPS) is 17.1. The summed E-state index contributed by atoms with van der Waals surface area (Å²) in [4.78, 5) is 0. The number of aliphatic hydroxyl groups is 2. The van der Waals surface area contributed by atoms with Crippen molar-refractivity contribution in [1.82, 2.24) is 0 Å². The molecule has 2 N–H and O–H groups in total. The number of allylic oxidation sites excluding steroid dienone is 1. The van der Waals surface area contributed by atoms with E-state index >= 15 is 0 Å². The molecule has 0 aromatic rings. The third-order valence-electron chi connectivity index (χ3n) is 0.884. The number of hydrogen-bond donors (Lipinski definition) is 2. The summed E-state index contributed by atoms with van der Waals surface area (Å²) in [5.74, 6) is 2.20. The molecule has 0 rings (SSSR count). The Kier molecular flexibility index (Phi) is 3.78. The zero-order valence-corrected chi connectivity index (χ0v) is 5.28. The Labute approximate surface area is 54.8 Å². The van der Waals surface area contributed by atoms with Gasteiger partial charge in [0.2, 0.25) is 0 Å². The first-order valence-electron chi connectivity index (χ1n) is 2.67. The average molecular weight is 126 g/mol. The van der Waals surface area contributed by atoms with Crippen LogP contribution in [-0.2, 0) is 0 Å². The lowest BCUT2D eigenvalue weighted by Crippen LogP contribution is -2.19. The van der Waals surface area contributed by atoms with E-state index < -0.39 is 12.2 Å². The van der Waals surface area contributed by atoms with Gasteiger partial charge in [0.05, 0.1) is 12.2 Å². The second kappa shape index (κ2) is 4.13. The molecule has 0 aliphatic carbocycles. The van der Waals surface area contributed by atoms with E-state index in [2.05, 4.69) is 5.92 Å². The van der Waals surface area contributed by atoms with Gasteiger partial charge >= 0.3 is 0 Å². The summed E-state index contributed by atoms with van der Waals surface area (Å²) in [5, 5.41) is 17.5. The van der Waals surface area contributed by atoms with E-state index in [1.54, 1.807) is 0 Å². The summed E-state index contributed by atoms with van der Waals surface area (Å²) in [6.45, 7) is 1.49. The van der Waals surface area contributed by atoms with Crippen LogP contribution in [0.15, 0.2) is 12.2 Å². The highest BCUT2D eigenvalue weighted by molar-refractivity contribution is 5.11. The van der Waals surface area contributed by atoms with E-state index in [0.29, 0.717) is 0 Å². The summed E-state index contributed by atoms with van der Waals surface area (Å²) in [7, 11) is 0. The fraction of sp³-hybridized carbons (Fsp3) is 0.429. The van der Waals surface area contributed by atoms with E-state index in [-0.39, 0.29) is 0 Å². The van der Waals surface area contributed by atoms with Crippen molar-refractivity contribution in [2.24, 2.45) is 0 Å². The molecular formula is C7H10O2. The Morgan fingerprint density at radius 2 is 2.11 bits per heavy atom. The molecule has 0 fully saturated rings. The molecule has 2 heteroatoms. The lowest BCUT2D eigenvalue weighted by molar-refractivity contribution is 0.0619. The van der Waals surface area contributed by atoms with Crippen LogP contribution in [0.3, 0.4) is 0 Å². The monoisotopic (exact) mass is 126 g/mol. The molecule has 0 bridgehead atoms. The minimum Gasteiger partial charge on any atom is -0.390 e. The van der Waals surface area contributed by atoms with Gasteiger partial charge in [-0.05, 0) is 19.1 Å². The molecule has 0 aliphatic rings. The first kappa shape index (κ1) is 8.22. The van der Waals surface area contributed by atoms with Crippen molar-refractivity contribution in [2.75, 3.05) is 0 Å². The second-order valence-electron chi connectivity index (χ2n) is 1.76. The van der Waals surface area contributed by atoms with Crippen LogP contribution in [0.5, 0.6) is 0 Å². The highest BCUT2D eigenvalue weighted by atomic mass is 16.3. The summed E-state index contributed by atoms with van der Waals surface area (Å²) < 4.78 is 0. The van der Waals surface area contributed by atoms with Crippen LogP contribution in [-0.4, -0.2) is 22.4 Å². The molecule has 0 saturated carbocycles. The zero-order chi connectivity index (χ0) is 7.28. The average Bonchev–Trinajstić information content (AvgIpc) is 1.82. The van der Waals surface area contributed by atoms with Crippen molar-refractivity contribution in [3.8, 4) is 12.3 Å². The highest BCUT2D eigenvalue weighted by Gasteiger charge is 2.03. The van der Waals surface area contributed by atoms with E-state index in [1.165, 1.54) is 19.1 Å². The van der Waals surface area contributed by atoms with Gasteiger partial charge in [-0.1, -0.05) is 5.92 Å². The first-order chi connectivity index (χ1) is 4.18. The van der Waals surface area contributed by atoms with E-state index in [4.69, 9.17) is 16.6 Å². The number of aliphatic hydroxyl groups excluding tert-OH is 2. The summed E-state index contributed by atoms with van der Waals surface area (Å²) in [6.07, 6.45) is 5.97. The molecule has 0 heterocycles. The molecule has 9 heavy (non-hydrogen) atoms. The van der Waals surface area contributed by atoms with Crippen LogP contribution in [0.25, 0.3) is 0 Å². The van der Waals surface area contributed by atoms with Crippen LogP contribution >= 0.6 is 0 Å². The molecule has 0 spiro atoms. The Hall–Kier alpha value is -0.780. The molecule has 0 radical (unpaired) electrons. The zero-order valence-electron chi connectivity index (χ0n) is 5.28. The van der Waals surface area contributed by atoms with Crippen molar-refractivity contribution < 1.29 is 10.2 Å². The van der Waals surface area contributed by atoms with E-state index in [1.807, 2.05) is 0 Å². The Morgan fingerprint density at radius 3 is 2.44 bits per heavy atom. The standard InChI is InChI=1S/C7H10O2/c1-3-4-5-7(9)6(2)8/h1,4-9H,2H3/b5-4-. The summed E-state index contributed by atoms with van der Waals surface area (Å²) in [5.41, 5.74) is 0. The first-order valence-corrected chi connectivity index (χ1v) is 2.67. The number of terminal acetylenes is 1. The van der Waals surface area contributed by atoms with Crippen LogP contribution in [0.1, 0.15) is 6.92 Å². The van der Waals surface area contributed by atoms with Crippen LogP contribution in [0.2, 0.25) is 0 Å². The third-order valence-corrected chi connectivity index (χ3v) is 0.884. The Morgan fingerprint density at radius 1 is 1.56 bits per heavy atom. The van der Waals surface area contributed by atoms with E-state index in [9.17, 15) is 0 Å². The van der Waals surface area contributed by atoms with Crippen molar-refractivity contribution >= 4 is 0 Å². The van der Waals surface area contributed by atoms with E-state index in [0.717, 1.165) is 0 Å². The maximum Gasteiger partial charge on any atom is 0.0986 e. The van der Waals surface area contributed by atoms with Crippen molar-refractivity contribution in [3.05, 3.63) is 12.2 Å². The van der Waals surface area contributed by atoms with Gasteiger partial charge in [-0.2, -0.15) is 0 Å². The molecule has 50 valence electrons. The third kappa shape index (κ3) is 3.77. The van der Waals surface area contributed by atoms with Crippen molar-refractivity contribution in [2.45, 2.75) is 19.1 Å². The van der Waals surface area contributed by atoms with Crippen LogP contribution in [0, 0.1) is 12.3 Å². The van der Waals surface area contributed by atoms with Crippen LogP contribution in [0.4, 0.5) is 0 Å². The lowest BCUT2D eigenvalue weighted by Gasteiger charge is -2.06. The minimum atomic E-state index is -0.846. The molecule has 0 aliphatic heterocycles. The summed E-state index contributed by atoms with van der Waals surface area (Å²) in [6, 6.07) is 0. The Bertz CT molecular complexity index is 130. The summed E-state index contributed by atoms with van der Waals surface area (Å²) >= 11 is 0. The van der Waals surface area contributed by atoms with Gasteiger partial charge in [0.25, 0.3) is 0 Å². The Balaban J connectivity index is 3.65. The fourth-order valence-electron chi connectivity index (χ4n) is 0.315. The molecule has 2 unspecified atom stereocenters. The molecule has 2 nitrogen and oxygen atoms in total. The maximum absolute atomic E-state index is 8.83. The van der Waals surface area contributed by atoms with Gasteiger partial charge in [-0.25, -0.2) is 0 Å². The van der Waals surface area contributed by atoms with Crippen molar-refractivity contribution in [1.29, 1.82) is 0 Å². The molecule has 0 aromatic heterocycles. The largest absolute Gasteiger partial charge is 0.390 e. The van der Waals surface area contributed by atoms with Gasteiger partial charge < -0.3 is 10.2 Å². The molecule has 0 amide bonds. The molecule has 0 saturated heterocycles. The molecule has 2 atom stereocenters. The fourth-order valence-corrected chi connectivity index (χ4v) is 0.315. The van der Waals surface area contributed by atoms with Gasteiger partial charge in [-0.15, -0.1) is 6.42 Å². The minimum absolute atomic E-state index is 0.755. The van der Waals surface area contributed by atoms with Crippen LogP contribution < -0.4 is 0 Å². The lowest BCUT2D eigenvalue weighted by atomic mass is 10.2. The van der Waals surface area contributed by atoms with Gasteiger partial charge in [-0.3, -0.25) is 0 Å². The van der Waals surface area contributed by atoms with Gasteiger partial charge in [0, 0.05) is 0 Å². The predicted octanol–water partition coefficient (Wildman–Crippen LogP) is -0.0825. The molecular weight excluding hydrogens is 116 g/mol. The van der Waals surface area contributed by atoms with Gasteiger partial charge in [0.1, 0.15) is 0 Å². The maximum atomic E-state index is 8.83. The number of hydrogen-bond acceptors (Lipinski definition) is 2. The second-order valence-corrected chi connectivity index (χ2v) is 1.76. The quantitative estimate of drug-likeness (QED) is 0.508. The topological polar surface area (TPSA) is 40.5 Å². The predicted molar refractivity (Wildman–Crippen MR) is 35.7 cm³/mol. The van der Waals surface area contributed by atoms with Crippen molar-refractivity contribution in [3.63, 3.8) is 0 Å². The smallest absolute Gasteiger partial charge is 0.0986 e. The molecule has 0 aromatic carbocycles. The number of rotatable bonds is 2. The van der Waals surface area contributed by atoms with Gasteiger partial charge in [0.15, 0.2) is 0 Å². The SMILES string of the molecule is C#C/C=C\C(O)C(C)O.